The van der Waals surface area contributed by atoms with Crippen molar-refractivity contribution in [2.45, 2.75) is 64.7 Å². The van der Waals surface area contributed by atoms with Crippen LogP contribution in [0, 0.1) is 0 Å². The molecule has 0 aliphatic heterocycles. The van der Waals surface area contributed by atoms with Gasteiger partial charge in [-0.05, 0) is 33.2 Å². The van der Waals surface area contributed by atoms with Gasteiger partial charge >= 0.3 is 0 Å². The highest BCUT2D eigenvalue weighted by Crippen LogP contribution is 2.52. The number of benzene rings is 2. The molecule has 0 bridgehead atoms. The van der Waals surface area contributed by atoms with Crippen molar-refractivity contribution in [1.29, 1.82) is 0 Å². The largest absolute Gasteiger partial charge is 0.0626 e. The SMILES string of the molecule is [2H]c1c([2H])c([2H])c2c(c1[2H])C(C)(C)c1c([2H])c([2H])c([2H])c(C(C)(C)C)c1C2(C)C. The molecular weight excluding hydrogens is 264 g/mol. The molecule has 0 unspecified atom stereocenters. The van der Waals surface area contributed by atoms with Crippen LogP contribution in [0.5, 0.6) is 0 Å². The van der Waals surface area contributed by atoms with Crippen LogP contribution in [-0.4, -0.2) is 0 Å². The van der Waals surface area contributed by atoms with Crippen LogP contribution < -0.4 is 0 Å². The van der Waals surface area contributed by atoms with Crippen LogP contribution in [0.25, 0.3) is 0 Å². The fraction of sp³-hybridized carbons (Fsp3) is 0.455. The minimum absolute atomic E-state index is 0.0226. The van der Waals surface area contributed by atoms with Crippen molar-refractivity contribution in [1.82, 2.24) is 0 Å². The second kappa shape index (κ2) is 4.47. The van der Waals surface area contributed by atoms with Crippen LogP contribution in [0.1, 0.15) is 85.9 Å². The number of hydrogen-bond acceptors (Lipinski definition) is 0. The lowest BCUT2D eigenvalue weighted by molar-refractivity contribution is 0.492. The van der Waals surface area contributed by atoms with Gasteiger partial charge < -0.3 is 0 Å². The van der Waals surface area contributed by atoms with Gasteiger partial charge in [0.1, 0.15) is 0 Å². The maximum atomic E-state index is 8.71. The Hall–Kier alpha value is -1.56. The van der Waals surface area contributed by atoms with Gasteiger partial charge in [-0.15, -0.1) is 0 Å². The molecule has 1 aliphatic rings. The summed E-state index contributed by atoms with van der Waals surface area (Å²) in [7, 11) is 0. The van der Waals surface area contributed by atoms with E-state index in [0.29, 0.717) is 22.3 Å². The summed E-state index contributed by atoms with van der Waals surface area (Å²) in [5.41, 5.74) is 0.777. The molecule has 1 aliphatic carbocycles. The number of rotatable bonds is 0. The summed E-state index contributed by atoms with van der Waals surface area (Å²) in [5.74, 6) is 0. The molecule has 0 aromatic heterocycles. The van der Waals surface area contributed by atoms with Crippen LogP contribution in [0.4, 0.5) is 0 Å². The molecule has 0 heteroatoms. The Bertz CT molecular complexity index is 1060. The molecule has 116 valence electrons. The summed E-state index contributed by atoms with van der Waals surface area (Å²) in [4.78, 5) is 0. The molecule has 0 fully saturated rings. The summed E-state index contributed by atoms with van der Waals surface area (Å²) >= 11 is 0. The van der Waals surface area contributed by atoms with Gasteiger partial charge in [-0.3, -0.25) is 0 Å². The van der Waals surface area contributed by atoms with Gasteiger partial charge in [0.15, 0.2) is 0 Å². The Morgan fingerprint density at radius 1 is 0.727 bits per heavy atom. The first kappa shape index (κ1) is 8.91. The molecule has 2 aromatic carbocycles. The van der Waals surface area contributed by atoms with E-state index in [1.165, 1.54) is 0 Å². The van der Waals surface area contributed by atoms with Crippen LogP contribution in [0.15, 0.2) is 42.3 Å². The Morgan fingerprint density at radius 2 is 1.23 bits per heavy atom. The molecule has 0 spiro atoms. The molecule has 0 saturated carbocycles. The van der Waals surface area contributed by atoms with E-state index in [1.807, 2.05) is 48.5 Å². The summed E-state index contributed by atoms with van der Waals surface area (Å²) < 4.78 is 59.4. The van der Waals surface area contributed by atoms with E-state index in [4.69, 9.17) is 9.60 Å². The lowest BCUT2D eigenvalue weighted by Crippen LogP contribution is -2.38. The van der Waals surface area contributed by atoms with Crippen molar-refractivity contribution in [2.24, 2.45) is 0 Å². The van der Waals surface area contributed by atoms with Crippen LogP contribution in [0.3, 0.4) is 0 Å². The molecule has 0 saturated heterocycles. The van der Waals surface area contributed by atoms with Gasteiger partial charge in [-0.25, -0.2) is 0 Å². The van der Waals surface area contributed by atoms with Crippen LogP contribution in [-0.2, 0) is 16.2 Å². The molecule has 0 N–H and O–H groups in total. The Morgan fingerprint density at radius 3 is 1.77 bits per heavy atom. The fourth-order valence-electron chi connectivity index (χ4n) is 3.56. The third-order valence-electron chi connectivity index (χ3n) is 4.81. The van der Waals surface area contributed by atoms with E-state index in [0.717, 1.165) is 5.56 Å². The molecule has 22 heavy (non-hydrogen) atoms. The Kier molecular flexibility index (Phi) is 1.81. The molecule has 0 heterocycles. The number of fused-ring (bicyclic) bond motifs is 2. The van der Waals surface area contributed by atoms with Gasteiger partial charge in [0.05, 0.1) is 9.60 Å². The second-order valence-electron chi connectivity index (χ2n) is 8.25. The standard InChI is InChI=1S/C22H28/c1-20(2,3)17-13-10-14-18-19(17)22(6,7)16-12-9-8-11-15(16)21(18,4)5/h8-14H,1-7H3/i8D,9D,10D,11D,12D,13D,14D. The molecule has 0 amide bonds. The van der Waals surface area contributed by atoms with Crippen molar-refractivity contribution < 1.29 is 9.60 Å². The molecule has 0 radical (unpaired) electrons. The summed E-state index contributed by atoms with van der Waals surface area (Å²) in [5, 5.41) is 0. The first-order valence-electron chi connectivity index (χ1n) is 11.2. The second-order valence-corrected chi connectivity index (χ2v) is 8.25. The van der Waals surface area contributed by atoms with E-state index in [9.17, 15) is 0 Å². The number of hydrogen-bond donors (Lipinski definition) is 0. The van der Waals surface area contributed by atoms with Crippen LogP contribution in [0.2, 0.25) is 0 Å². The summed E-state index contributed by atoms with van der Waals surface area (Å²) in [6, 6.07) is -0.870. The van der Waals surface area contributed by atoms with E-state index in [2.05, 4.69) is 0 Å². The molecule has 3 rings (SSSR count). The highest BCUT2D eigenvalue weighted by molar-refractivity contribution is 5.61. The topological polar surface area (TPSA) is 0 Å². The Balaban J connectivity index is 2.69. The molecule has 0 nitrogen and oxygen atoms in total. The average Bonchev–Trinajstić information content (AvgIpc) is 2.57. The quantitative estimate of drug-likeness (QED) is 0.564. The summed E-state index contributed by atoms with van der Waals surface area (Å²) in [6.07, 6.45) is 0. The van der Waals surface area contributed by atoms with E-state index in [-0.39, 0.29) is 42.3 Å². The van der Waals surface area contributed by atoms with Crippen LogP contribution >= 0.6 is 0 Å². The van der Waals surface area contributed by atoms with Crippen molar-refractivity contribution in [3.63, 3.8) is 0 Å². The maximum absolute atomic E-state index is 8.71. The highest BCUT2D eigenvalue weighted by atomic mass is 14.5. The lowest BCUT2D eigenvalue weighted by atomic mass is 9.57. The van der Waals surface area contributed by atoms with Gasteiger partial charge in [0, 0.05) is 10.8 Å². The van der Waals surface area contributed by atoms with E-state index >= 15 is 0 Å². The zero-order valence-electron chi connectivity index (χ0n) is 21.5. The minimum Gasteiger partial charge on any atom is -0.0619 e. The zero-order valence-corrected chi connectivity index (χ0v) is 14.5. The molecule has 2 aromatic rings. The third-order valence-corrected chi connectivity index (χ3v) is 4.81. The van der Waals surface area contributed by atoms with E-state index in [1.54, 1.807) is 0 Å². The van der Waals surface area contributed by atoms with Gasteiger partial charge in [0.25, 0.3) is 0 Å². The third kappa shape index (κ3) is 1.96. The van der Waals surface area contributed by atoms with Gasteiger partial charge in [-0.2, -0.15) is 0 Å². The predicted octanol–water partition coefficient (Wildman–Crippen LogP) is 5.95. The maximum Gasteiger partial charge on any atom is 0.0626 e. The zero-order chi connectivity index (χ0) is 22.4. The van der Waals surface area contributed by atoms with Crippen molar-refractivity contribution in [3.05, 3.63) is 70.1 Å². The van der Waals surface area contributed by atoms with E-state index < -0.39 is 16.2 Å². The van der Waals surface area contributed by atoms with Crippen molar-refractivity contribution >= 4 is 0 Å². The average molecular weight is 300 g/mol. The van der Waals surface area contributed by atoms with Crippen molar-refractivity contribution in [2.75, 3.05) is 0 Å². The van der Waals surface area contributed by atoms with Crippen molar-refractivity contribution in [3.8, 4) is 0 Å². The fourth-order valence-corrected chi connectivity index (χ4v) is 3.56. The molecular formula is C22H28. The lowest BCUT2D eigenvalue weighted by Gasteiger charge is -2.46. The first-order chi connectivity index (χ1) is 13.0. The highest BCUT2D eigenvalue weighted by Gasteiger charge is 2.43. The summed E-state index contributed by atoms with van der Waals surface area (Å²) in [6.45, 7) is 13.4. The van der Waals surface area contributed by atoms with Gasteiger partial charge in [-0.1, -0.05) is 90.8 Å². The Labute approximate surface area is 145 Å². The predicted molar refractivity (Wildman–Crippen MR) is 95.8 cm³/mol. The van der Waals surface area contributed by atoms with Gasteiger partial charge in [0.2, 0.25) is 0 Å². The first-order valence-corrected chi connectivity index (χ1v) is 7.75. The smallest absolute Gasteiger partial charge is 0.0619 e. The monoisotopic (exact) mass is 299 g/mol. The minimum atomic E-state index is -0.906. The normalized spacial score (nSPS) is 23.0. The molecule has 0 atom stereocenters.